The Morgan fingerprint density at radius 3 is 2.25 bits per heavy atom. The van der Waals surface area contributed by atoms with E-state index in [0.29, 0.717) is 0 Å². The van der Waals surface area contributed by atoms with Crippen LogP contribution < -0.4 is 0 Å². The van der Waals surface area contributed by atoms with E-state index in [1.807, 2.05) is 4.99 Å². The molecule has 0 rings (SSSR count). The lowest BCUT2D eigenvalue weighted by Crippen LogP contribution is -1.79. The number of hydrogen-bond donors (Lipinski definition) is 0. The van der Waals surface area contributed by atoms with Gasteiger partial charge in [-0.3, -0.25) is 0 Å². The molecule has 0 nitrogen and oxygen atoms in total. The number of halogens is 2. The number of rotatable bonds is 7. The van der Waals surface area contributed by atoms with Crippen LogP contribution in [0.3, 0.4) is 0 Å². The van der Waals surface area contributed by atoms with Crippen LogP contribution in [0.4, 0.5) is 0 Å². The van der Waals surface area contributed by atoms with Gasteiger partial charge in [0.05, 0.1) is 0 Å². The summed E-state index contributed by atoms with van der Waals surface area (Å²) in [5.41, 5.74) is 0. The minimum absolute atomic E-state index is 1.18. The van der Waals surface area contributed by atoms with Gasteiger partial charge in [-0.25, -0.2) is 0 Å². The predicted octanol–water partition coefficient (Wildman–Crippen LogP) is 5.37. The van der Waals surface area contributed by atoms with Crippen LogP contribution in [0.25, 0.3) is 0 Å². The Hall–Kier alpha value is 0.700. The molecule has 0 saturated heterocycles. The molecule has 0 aliphatic heterocycles. The second-order valence-corrected chi connectivity index (χ2v) is 4.55. The van der Waals surface area contributed by atoms with Crippen molar-refractivity contribution in [3.63, 3.8) is 0 Å². The van der Waals surface area contributed by atoms with Crippen molar-refractivity contribution in [3.05, 3.63) is 9.47 Å². The summed E-state index contributed by atoms with van der Waals surface area (Å²) in [4.78, 5) is 1.96. The second kappa shape index (κ2) is 9.79. The Labute approximate surface area is 93.1 Å². The van der Waals surface area contributed by atoms with E-state index in [0.717, 1.165) is 0 Å². The van der Waals surface area contributed by atoms with Crippen molar-refractivity contribution in [1.29, 1.82) is 0 Å². The Morgan fingerprint density at radius 2 is 1.67 bits per heavy atom. The van der Waals surface area contributed by atoms with Gasteiger partial charge < -0.3 is 0 Å². The second-order valence-electron chi connectivity index (χ2n) is 3.07. The lowest BCUT2D eigenvalue weighted by atomic mass is 10.1. The Kier molecular flexibility index (Phi) is 10.4. The van der Waals surface area contributed by atoms with E-state index >= 15 is 0 Å². The molecule has 72 valence electrons. The molecule has 0 atom stereocenters. The van der Waals surface area contributed by atoms with Crippen molar-refractivity contribution in [2.75, 3.05) is 0 Å². The van der Waals surface area contributed by atoms with E-state index in [1.54, 1.807) is 0 Å². The Bertz CT molecular complexity index is 119. The highest BCUT2D eigenvalue weighted by molar-refractivity contribution is 9.14. The van der Waals surface area contributed by atoms with Crippen molar-refractivity contribution in [1.82, 2.24) is 0 Å². The quantitative estimate of drug-likeness (QED) is 0.554. The van der Waals surface area contributed by atoms with Gasteiger partial charge in [-0.1, -0.05) is 70.9 Å². The van der Waals surface area contributed by atoms with Crippen molar-refractivity contribution < 1.29 is 0 Å². The Balaban J connectivity index is 3.00. The van der Waals surface area contributed by atoms with Crippen LogP contribution in [0.2, 0.25) is 0 Å². The van der Waals surface area contributed by atoms with Crippen LogP contribution in [-0.2, 0) is 0 Å². The van der Waals surface area contributed by atoms with E-state index in [2.05, 4.69) is 38.8 Å². The fourth-order valence-electron chi connectivity index (χ4n) is 1.13. The largest absolute Gasteiger partial charge is 0.0654 e. The molecule has 0 radical (unpaired) electrons. The molecule has 0 amide bonds. The number of allylic oxidation sites excluding steroid dienone is 1. The van der Waals surface area contributed by atoms with Gasteiger partial charge in [0.15, 0.2) is 0 Å². The van der Waals surface area contributed by atoms with Crippen LogP contribution in [0.5, 0.6) is 0 Å². The first-order valence-electron chi connectivity index (χ1n) is 4.76. The summed E-state index contributed by atoms with van der Waals surface area (Å²) < 4.78 is 1.28. The van der Waals surface area contributed by atoms with E-state index in [1.165, 1.54) is 49.4 Å². The molecule has 0 aliphatic rings. The number of unbranched alkanes of at least 4 members (excludes halogenated alkanes) is 5. The summed E-state index contributed by atoms with van der Waals surface area (Å²) >= 11 is 6.77. The molecule has 12 heavy (non-hydrogen) atoms. The SMILES string of the molecule is CCCCCCCC/C(Br)=C/Br. The highest BCUT2D eigenvalue weighted by Crippen LogP contribution is 2.17. The minimum atomic E-state index is 1.18. The molecule has 0 spiro atoms. The molecule has 2 heteroatoms. The van der Waals surface area contributed by atoms with E-state index in [-0.39, 0.29) is 0 Å². The van der Waals surface area contributed by atoms with Crippen LogP contribution in [0.1, 0.15) is 51.9 Å². The summed E-state index contributed by atoms with van der Waals surface area (Å²) in [7, 11) is 0. The molecule has 0 aliphatic carbocycles. The van der Waals surface area contributed by atoms with Crippen molar-refractivity contribution >= 4 is 31.9 Å². The fraction of sp³-hybridized carbons (Fsp3) is 0.800. The van der Waals surface area contributed by atoms with Crippen molar-refractivity contribution in [3.8, 4) is 0 Å². The van der Waals surface area contributed by atoms with Gasteiger partial charge in [0.1, 0.15) is 0 Å². The van der Waals surface area contributed by atoms with Crippen LogP contribution >= 0.6 is 31.9 Å². The molecule has 0 heterocycles. The van der Waals surface area contributed by atoms with E-state index in [9.17, 15) is 0 Å². The van der Waals surface area contributed by atoms with Gasteiger partial charge in [0.2, 0.25) is 0 Å². The lowest BCUT2D eigenvalue weighted by molar-refractivity contribution is 0.610. The minimum Gasteiger partial charge on any atom is -0.0654 e. The van der Waals surface area contributed by atoms with Gasteiger partial charge in [-0.2, -0.15) is 0 Å². The van der Waals surface area contributed by atoms with Gasteiger partial charge >= 0.3 is 0 Å². The number of hydrogen-bond acceptors (Lipinski definition) is 0. The molecule has 0 aromatic rings. The molecule has 0 aromatic heterocycles. The molecular weight excluding hydrogens is 280 g/mol. The summed E-state index contributed by atoms with van der Waals surface area (Å²) in [6.45, 7) is 2.25. The summed E-state index contributed by atoms with van der Waals surface area (Å²) in [6.07, 6.45) is 9.41. The summed E-state index contributed by atoms with van der Waals surface area (Å²) in [6, 6.07) is 0. The fourth-order valence-corrected chi connectivity index (χ4v) is 1.64. The average molecular weight is 298 g/mol. The molecule has 0 saturated carbocycles. The zero-order valence-corrected chi connectivity index (χ0v) is 11.0. The topological polar surface area (TPSA) is 0 Å². The molecular formula is C10H18Br2. The predicted molar refractivity (Wildman–Crippen MR) is 63.9 cm³/mol. The average Bonchev–Trinajstić information content (AvgIpc) is 2.10. The van der Waals surface area contributed by atoms with Crippen molar-refractivity contribution in [2.45, 2.75) is 51.9 Å². The highest BCUT2D eigenvalue weighted by atomic mass is 79.9. The van der Waals surface area contributed by atoms with E-state index < -0.39 is 0 Å². The third kappa shape index (κ3) is 8.79. The third-order valence-electron chi connectivity index (χ3n) is 1.89. The maximum atomic E-state index is 3.47. The molecule has 0 N–H and O–H groups in total. The van der Waals surface area contributed by atoms with Crippen molar-refractivity contribution in [2.24, 2.45) is 0 Å². The molecule has 0 fully saturated rings. The highest BCUT2D eigenvalue weighted by Gasteiger charge is 1.92. The summed E-state index contributed by atoms with van der Waals surface area (Å²) in [5, 5.41) is 0. The maximum Gasteiger partial charge on any atom is 0.00197 e. The first kappa shape index (κ1) is 12.7. The normalized spacial score (nSPS) is 12.1. The van der Waals surface area contributed by atoms with Gasteiger partial charge in [0.25, 0.3) is 0 Å². The first-order chi connectivity index (χ1) is 5.81. The Morgan fingerprint density at radius 1 is 1.08 bits per heavy atom. The standard InChI is InChI=1S/C10H18Br2/c1-2-3-4-5-6-7-8-10(12)9-11/h9H,2-8H2,1H3/b10-9-. The zero-order chi connectivity index (χ0) is 9.23. The monoisotopic (exact) mass is 296 g/mol. The van der Waals surface area contributed by atoms with Gasteiger partial charge in [-0.15, -0.1) is 0 Å². The van der Waals surface area contributed by atoms with E-state index in [4.69, 9.17) is 0 Å². The molecule has 0 aromatic carbocycles. The maximum absolute atomic E-state index is 3.47. The van der Waals surface area contributed by atoms with Crippen LogP contribution in [-0.4, -0.2) is 0 Å². The van der Waals surface area contributed by atoms with Gasteiger partial charge in [-0.05, 0) is 17.8 Å². The molecule has 0 bridgehead atoms. The third-order valence-corrected chi connectivity index (χ3v) is 3.68. The first-order valence-corrected chi connectivity index (χ1v) is 6.47. The van der Waals surface area contributed by atoms with Gasteiger partial charge in [0, 0.05) is 4.48 Å². The van der Waals surface area contributed by atoms with Crippen LogP contribution in [0, 0.1) is 0 Å². The summed E-state index contributed by atoms with van der Waals surface area (Å²) in [5.74, 6) is 0. The van der Waals surface area contributed by atoms with Crippen LogP contribution in [0.15, 0.2) is 9.47 Å². The zero-order valence-electron chi connectivity index (χ0n) is 7.78. The smallest absolute Gasteiger partial charge is 0.00197 e. The lowest BCUT2D eigenvalue weighted by Gasteiger charge is -1.99. The molecule has 0 unspecified atom stereocenters.